The fraction of sp³-hybridized carbons (Fsp3) is 0.556. The summed E-state index contributed by atoms with van der Waals surface area (Å²) in [7, 11) is 0. The quantitative estimate of drug-likeness (QED) is 0.720. The Bertz CT molecular complexity index is 344. The first-order chi connectivity index (χ1) is 6.72. The third kappa shape index (κ3) is 2.86. The summed E-state index contributed by atoms with van der Waals surface area (Å²) in [5, 5.41) is 2.34. The smallest absolute Gasteiger partial charge is 0.352 e. The minimum atomic E-state index is -1.12. The molecule has 0 aromatic carbocycles. The maximum absolute atomic E-state index is 11.6. The minimum absolute atomic E-state index is 0.0663. The van der Waals surface area contributed by atoms with Crippen LogP contribution in [-0.2, 0) is 14.3 Å². The molecule has 1 unspecified atom stereocenters. The number of esters is 1. The van der Waals surface area contributed by atoms with Gasteiger partial charge in [0, 0.05) is 5.54 Å². The lowest BCUT2D eigenvalue weighted by Gasteiger charge is -2.22. The summed E-state index contributed by atoms with van der Waals surface area (Å²) in [6, 6.07) is 0. The molecular formula is C9H11Cl2NO3. The molecular weight excluding hydrogens is 241 g/mol. The van der Waals surface area contributed by atoms with Crippen LogP contribution in [0.4, 0.5) is 0 Å². The molecule has 1 rings (SSSR count). The van der Waals surface area contributed by atoms with Gasteiger partial charge in [-0.3, -0.25) is 4.79 Å². The topological polar surface area (TPSA) is 55.4 Å². The number of hydrogen-bond donors (Lipinski definition) is 1. The van der Waals surface area contributed by atoms with Gasteiger partial charge in [0.25, 0.3) is 5.91 Å². The van der Waals surface area contributed by atoms with Crippen LogP contribution in [-0.4, -0.2) is 23.5 Å². The molecule has 1 aliphatic heterocycles. The lowest BCUT2D eigenvalue weighted by atomic mass is 10.1. The molecule has 0 fully saturated rings. The molecule has 1 amide bonds. The van der Waals surface area contributed by atoms with Crippen molar-refractivity contribution >= 4 is 35.1 Å². The standard InChI is InChI=1S/C9H11Cl2NO3/c1-9(2,3)12-7(13)6-4(10)5(11)8(14)15-6/h6H,1-3H3,(H,12,13). The summed E-state index contributed by atoms with van der Waals surface area (Å²) in [6.07, 6.45) is -1.12. The van der Waals surface area contributed by atoms with E-state index in [1.807, 2.05) is 0 Å². The Kier molecular flexibility index (Phi) is 3.31. The van der Waals surface area contributed by atoms with Gasteiger partial charge in [0.15, 0.2) is 0 Å². The molecule has 0 aromatic heterocycles. The van der Waals surface area contributed by atoms with E-state index in [0.29, 0.717) is 0 Å². The minimum Gasteiger partial charge on any atom is -0.442 e. The van der Waals surface area contributed by atoms with Crippen molar-refractivity contribution in [2.24, 2.45) is 0 Å². The van der Waals surface area contributed by atoms with Crippen molar-refractivity contribution in [1.29, 1.82) is 0 Å². The van der Waals surface area contributed by atoms with Gasteiger partial charge in [0.05, 0.1) is 5.03 Å². The monoisotopic (exact) mass is 251 g/mol. The molecule has 1 aliphatic rings. The summed E-state index contributed by atoms with van der Waals surface area (Å²) < 4.78 is 4.70. The number of cyclic esters (lactones) is 1. The van der Waals surface area contributed by atoms with Crippen molar-refractivity contribution in [3.8, 4) is 0 Å². The van der Waals surface area contributed by atoms with Gasteiger partial charge < -0.3 is 10.1 Å². The normalized spacial score (nSPS) is 21.7. The molecule has 1 heterocycles. The highest BCUT2D eigenvalue weighted by Crippen LogP contribution is 2.28. The number of carbonyl (C=O) groups excluding carboxylic acids is 2. The third-order valence-electron chi connectivity index (χ3n) is 1.58. The zero-order valence-electron chi connectivity index (χ0n) is 8.56. The van der Waals surface area contributed by atoms with Crippen LogP contribution < -0.4 is 5.32 Å². The van der Waals surface area contributed by atoms with Crippen LogP contribution in [0.1, 0.15) is 20.8 Å². The van der Waals surface area contributed by atoms with Crippen molar-refractivity contribution < 1.29 is 14.3 Å². The first-order valence-corrected chi connectivity index (χ1v) is 5.06. The molecule has 0 saturated carbocycles. The number of nitrogens with one attached hydrogen (secondary N) is 1. The number of rotatable bonds is 1. The Labute approximate surface area is 97.6 Å². The van der Waals surface area contributed by atoms with E-state index in [1.54, 1.807) is 20.8 Å². The molecule has 0 bridgehead atoms. The number of amides is 1. The summed E-state index contributed by atoms with van der Waals surface area (Å²) in [5.74, 6) is -1.24. The molecule has 0 spiro atoms. The van der Waals surface area contributed by atoms with E-state index in [9.17, 15) is 9.59 Å². The Morgan fingerprint density at radius 2 is 1.93 bits per heavy atom. The second-order valence-corrected chi connectivity index (χ2v) is 4.97. The van der Waals surface area contributed by atoms with Crippen LogP contribution in [0.5, 0.6) is 0 Å². The Hall–Kier alpha value is -0.740. The summed E-state index contributed by atoms with van der Waals surface area (Å²) in [6.45, 7) is 5.42. The Morgan fingerprint density at radius 1 is 1.40 bits per heavy atom. The van der Waals surface area contributed by atoms with E-state index in [0.717, 1.165) is 0 Å². The summed E-state index contributed by atoms with van der Waals surface area (Å²) in [4.78, 5) is 22.6. The van der Waals surface area contributed by atoms with Gasteiger partial charge in [0.1, 0.15) is 5.03 Å². The molecule has 84 valence electrons. The van der Waals surface area contributed by atoms with Crippen LogP contribution >= 0.6 is 23.2 Å². The predicted octanol–water partition coefficient (Wildman–Crippen LogP) is 1.52. The van der Waals surface area contributed by atoms with Crippen LogP contribution in [0.2, 0.25) is 0 Å². The summed E-state index contributed by atoms with van der Waals surface area (Å²) >= 11 is 11.2. The SMILES string of the molecule is CC(C)(C)NC(=O)C1OC(=O)C(Cl)=C1Cl. The average molecular weight is 252 g/mol. The second kappa shape index (κ2) is 4.02. The molecule has 0 aromatic rings. The van der Waals surface area contributed by atoms with Crippen molar-refractivity contribution in [3.05, 3.63) is 10.1 Å². The molecule has 6 heteroatoms. The zero-order valence-corrected chi connectivity index (χ0v) is 10.1. The van der Waals surface area contributed by atoms with Gasteiger partial charge in [-0.05, 0) is 20.8 Å². The van der Waals surface area contributed by atoms with E-state index in [-0.39, 0.29) is 10.1 Å². The molecule has 1 atom stereocenters. The summed E-state index contributed by atoms with van der Waals surface area (Å²) in [5.41, 5.74) is -0.421. The van der Waals surface area contributed by atoms with Gasteiger partial charge in [0.2, 0.25) is 6.10 Å². The van der Waals surface area contributed by atoms with Crippen molar-refractivity contribution in [2.45, 2.75) is 32.4 Å². The Morgan fingerprint density at radius 3 is 2.27 bits per heavy atom. The van der Waals surface area contributed by atoms with Gasteiger partial charge >= 0.3 is 5.97 Å². The van der Waals surface area contributed by atoms with E-state index < -0.39 is 23.5 Å². The van der Waals surface area contributed by atoms with Crippen LogP contribution in [0.25, 0.3) is 0 Å². The Balaban J connectivity index is 2.77. The van der Waals surface area contributed by atoms with E-state index in [2.05, 4.69) is 5.32 Å². The number of halogens is 2. The maximum Gasteiger partial charge on any atom is 0.352 e. The lowest BCUT2D eigenvalue weighted by Crippen LogP contribution is -2.46. The predicted molar refractivity (Wildman–Crippen MR) is 56.5 cm³/mol. The van der Waals surface area contributed by atoms with Gasteiger partial charge in [-0.2, -0.15) is 0 Å². The average Bonchev–Trinajstić information content (AvgIpc) is 2.30. The van der Waals surface area contributed by atoms with Crippen LogP contribution in [0.3, 0.4) is 0 Å². The van der Waals surface area contributed by atoms with Gasteiger partial charge in [-0.25, -0.2) is 4.79 Å². The van der Waals surface area contributed by atoms with E-state index >= 15 is 0 Å². The highest BCUT2D eigenvalue weighted by molar-refractivity contribution is 6.49. The second-order valence-electron chi connectivity index (χ2n) is 4.19. The van der Waals surface area contributed by atoms with Gasteiger partial charge in [-0.15, -0.1) is 0 Å². The maximum atomic E-state index is 11.6. The van der Waals surface area contributed by atoms with E-state index in [1.165, 1.54) is 0 Å². The fourth-order valence-corrected chi connectivity index (χ4v) is 1.39. The van der Waals surface area contributed by atoms with Crippen molar-refractivity contribution in [2.75, 3.05) is 0 Å². The molecule has 0 radical (unpaired) electrons. The van der Waals surface area contributed by atoms with Gasteiger partial charge in [-0.1, -0.05) is 23.2 Å². The first-order valence-electron chi connectivity index (χ1n) is 4.30. The molecule has 4 nitrogen and oxygen atoms in total. The lowest BCUT2D eigenvalue weighted by molar-refractivity contribution is -0.147. The third-order valence-corrected chi connectivity index (χ3v) is 2.42. The molecule has 0 saturated heterocycles. The molecule has 0 aliphatic carbocycles. The first kappa shape index (κ1) is 12.3. The van der Waals surface area contributed by atoms with Crippen molar-refractivity contribution in [1.82, 2.24) is 5.32 Å². The highest BCUT2D eigenvalue weighted by atomic mass is 35.5. The highest BCUT2D eigenvalue weighted by Gasteiger charge is 2.38. The molecule has 1 N–H and O–H groups in total. The van der Waals surface area contributed by atoms with E-state index in [4.69, 9.17) is 27.9 Å². The fourth-order valence-electron chi connectivity index (χ4n) is 1.03. The number of carbonyl (C=O) groups is 2. The van der Waals surface area contributed by atoms with Crippen LogP contribution in [0.15, 0.2) is 10.1 Å². The number of hydrogen-bond acceptors (Lipinski definition) is 3. The van der Waals surface area contributed by atoms with Crippen LogP contribution in [0, 0.1) is 0 Å². The molecule has 15 heavy (non-hydrogen) atoms. The van der Waals surface area contributed by atoms with Crippen molar-refractivity contribution in [3.63, 3.8) is 0 Å². The largest absolute Gasteiger partial charge is 0.442 e. The zero-order chi connectivity index (χ0) is 11.8. The number of ether oxygens (including phenoxy) is 1.